The fourth-order valence-electron chi connectivity index (χ4n) is 5.48. The lowest BCUT2D eigenvalue weighted by molar-refractivity contribution is -0.133. The molecule has 0 N–H and O–H groups in total. The monoisotopic (exact) mass is 433 g/mol. The lowest BCUT2D eigenvalue weighted by atomic mass is 9.90. The number of carbonyl (C=O) groups excluding carboxylic acids is 1. The van der Waals surface area contributed by atoms with Gasteiger partial charge in [-0.15, -0.1) is 0 Å². The molecule has 5 rings (SSSR count). The van der Waals surface area contributed by atoms with Crippen LogP contribution < -0.4 is 4.74 Å². The first-order chi connectivity index (χ1) is 15.6. The Morgan fingerprint density at radius 3 is 2.53 bits per heavy atom. The van der Waals surface area contributed by atoms with Crippen LogP contribution in [0.2, 0.25) is 0 Å². The van der Waals surface area contributed by atoms with Gasteiger partial charge < -0.3 is 14.5 Å². The number of hydrogen-bond acceptors (Lipinski definition) is 4. The first-order valence-corrected chi connectivity index (χ1v) is 12.1. The van der Waals surface area contributed by atoms with Gasteiger partial charge in [-0.05, 0) is 87.6 Å². The maximum atomic E-state index is 13.1. The quantitative estimate of drug-likeness (QED) is 0.707. The number of amides is 1. The van der Waals surface area contributed by atoms with Gasteiger partial charge >= 0.3 is 0 Å². The molecule has 1 spiro atoms. The summed E-state index contributed by atoms with van der Waals surface area (Å²) >= 11 is 0. The summed E-state index contributed by atoms with van der Waals surface area (Å²) in [5, 5.41) is 0. The van der Waals surface area contributed by atoms with E-state index in [1.807, 2.05) is 36.4 Å². The molecule has 3 aliphatic rings. The molecule has 1 atom stereocenters. The Balaban J connectivity index is 1.13. The number of rotatable bonds is 5. The maximum Gasteiger partial charge on any atom is 0.226 e. The second kappa shape index (κ2) is 9.24. The topological polar surface area (TPSA) is 36.0 Å². The van der Waals surface area contributed by atoms with Crippen LogP contribution in [0.1, 0.15) is 31.2 Å². The Hall–Kier alpha value is -2.37. The first-order valence-electron chi connectivity index (χ1n) is 12.1. The molecular formula is C27H35N3O2. The summed E-state index contributed by atoms with van der Waals surface area (Å²) in [6, 6.07) is 18.4. The van der Waals surface area contributed by atoms with E-state index in [0.29, 0.717) is 5.91 Å². The number of nitrogens with zero attached hydrogens (tertiary/aromatic N) is 3. The number of likely N-dealkylation sites (tertiary alicyclic amines) is 1. The zero-order valence-corrected chi connectivity index (χ0v) is 19.2. The molecule has 5 nitrogen and oxygen atoms in total. The van der Waals surface area contributed by atoms with Crippen LogP contribution in [0.5, 0.6) is 11.5 Å². The van der Waals surface area contributed by atoms with Crippen LogP contribution in [0.25, 0.3) is 0 Å². The lowest BCUT2D eigenvalue weighted by Gasteiger charge is -2.33. The molecule has 2 aliphatic heterocycles. The van der Waals surface area contributed by atoms with Gasteiger partial charge in [0.1, 0.15) is 11.5 Å². The van der Waals surface area contributed by atoms with Gasteiger partial charge in [0.25, 0.3) is 0 Å². The third kappa shape index (κ3) is 4.84. The van der Waals surface area contributed by atoms with E-state index >= 15 is 0 Å². The number of piperidine rings is 1. The molecule has 2 saturated heterocycles. The van der Waals surface area contributed by atoms with Gasteiger partial charge in [-0.2, -0.15) is 0 Å². The highest BCUT2D eigenvalue weighted by Gasteiger charge is 2.59. The normalized spacial score (nSPS) is 23.7. The zero-order valence-electron chi connectivity index (χ0n) is 19.2. The average Bonchev–Trinajstić information content (AvgIpc) is 3.55. The van der Waals surface area contributed by atoms with Crippen LogP contribution >= 0.6 is 0 Å². The van der Waals surface area contributed by atoms with Crippen molar-refractivity contribution < 1.29 is 9.53 Å². The smallest absolute Gasteiger partial charge is 0.226 e. The summed E-state index contributed by atoms with van der Waals surface area (Å²) in [7, 11) is 2.16. The predicted molar refractivity (Wildman–Crippen MR) is 127 cm³/mol. The van der Waals surface area contributed by atoms with Crippen molar-refractivity contribution in [2.45, 2.75) is 32.2 Å². The zero-order chi connectivity index (χ0) is 22.0. The number of para-hydroxylation sites is 1. The standard InChI is InChI=1S/C27H35N3O2/c1-28-13-6-14-30(18-17-28)26(31)25-20-27(25)11-15-29(16-12-27)21-22-7-5-10-24(19-22)32-23-8-3-2-4-9-23/h2-5,7-10,19,25H,6,11-18,20-21H2,1H3. The highest BCUT2D eigenvalue weighted by molar-refractivity contribution is 5.82. The van der Waals surface area contributed by atoms with E-state index in [1.165, 1.54) is 5.56 Å². The van der Waals surface area contributed by atoms with Gasteiger partial charge in [0.15, 0.2) is 0 Å². The van der Waals surface area contributed by atoms with E-state index in [9.17, 15) is 4.79 Å². The molecule has 1 saturated carbocycles. The minimum absolute atomic E-state index is 0.274. The highest BCUT2D eigenvalue weighted by Crippen LogP contribution is 2.60. The van der Waals surface area contributed by atoms with Crippen LogP contribution in [-0.4, -0.2) is 66.9 Å². The van der Waals surface area contributed by atoms with E-state index in [4.69, 9.17) is 4.74 Å². The largest absolute Gasteiger partial charge is 0.457 e. The summed E-state index contributed by atoms with van der Waals surface area (Å²) in [6.45, 7) is 7.04. The van der Waals surface area contributed by atoms with Crippen molar-refractivity contribution in [2.75, 3.05) is 46.3 Å². The van der Waals surface area contributed by atoms with Crippen LogP contribution in [0.3, 0.4) is 0 Å². The Bertz CT molecular complexity index is 924. The van der Waals surface area contributed by atoms with Gasteiger partial charge in [0, 0.05) is 32.1 Å². The van der Waals surface area contributed by atoms with Crippen molar-refractivity contribution in [1.82, 2.24) is 14.7 Å². The molecule has 170 valence electrons. The van der Waals surface area contributed by atoms with Crippen LogP contribution in [0.4, 0.5) is 0 Å². The first kappa shape index (κ1) is 21.5. The second-order valence-electron chi connectivity index (χ2n) is 9.94. The number of hydrogen-bond donors (Lipinski definition) is 0. The molecule has 0 radical (unpaired) electrons. The molecule has 1 aliphatic carbocycles. The summed E-state index contributed by atoms with van der Waals surface area (Å²) in [5.41, 5.74) is 1.57. The summed E-state index contributed by atoms with van der Waals surface area (Å²) in [6.07, 6.45) is 4.50. The molecule has 32 heavy (non-hydrogen) atoms. The minimum atomic E-state index is 0.274. The molecule has 0 bridgehead atoms. The SMILES string of the molecule is CN1CCCN(C(=O)C2CC23CCN(Cc2cccc(Oc4ccccc4)c2)CC3)CC1. The lowest BCUT2D eigenvalue weighted by Crippen LogP contribution is -2.39. The Morgan fingerprint density at radius 2 is 1.72 bits per heavy atom. The third-order valence-corrected chi connectivity index (χ3v) is 7.65. The van der Waals surface area contributed by atoms with Gasteiger partial charge in [0.05, 0.1) is 0 Å². The summed E-state index contributed by atoms with van der Waals surface area (Å²) in [5.74, 6) is 2.46. The fourth-order valence-corrected chi connectivity index (χ4v) is 5.48. The van der Waals surface area contributed by atoms with E-state index in [2.05, 4.69) is 39.9 Å². The number of benzene rings is 2. The molecule has 2 aromatic rings. The van der Waals surface area contributed by atoms with Crippen molar-refractivity contribution >= 4 is 5.91 Å². The van der Waals surface area contributed by atoms with Crippen LogP contribution in [-0.2, 0) is 11.3 Å². The molecule has 0 aromatic heterocycles. The third-order valence-electron chi connectivity index (χ3n) is 7.65. The maximum absolute atomic E-state index is 13.1. The van der Waals surface area contributed by atoms with Gasteiger partial charge in [-0.1, -0.05) is 30.3 Å². The fraction of sp³-hybridized carbons (Fsp3) is 0.519. The molecular weight excluding hydrogens is 398 g/mol. The van der Waals surface area contributed by atoms with Crippen molar-refractivity contribution in [3.8, 4) is 11.5 Å². The van der Waals surface area contributed by atoms with Crippen LogP contribution in [0, 0.1) is 11.3 Å². The van der Waals surface area contributed by atoms with Crippen molar-refractivity contribution in [1.29, 1.82) is 0 Å². The predicted octanol–water partition coefficient (Wildman–Crippen LogP) is 4.25. The van der Waals surface area contributed by atoms with Gasteiger partial charge in [0.2, 0.25) is 5.91 Å². The van der Waals surface area contributed by atoms with E-state index in [1.54, 1.807) is 0 Å². The van der Waals surface area contributed by atoms with Crippen molar-refractivity contribution in [3.05, 3.63) is 60.2 Å². The second-order valence-corrected chi connectivity index (χ2v) is 9.94. The average molecular weight is 434 g/mol. The molecule has 2 aromatic carbocycles. The highest BCUT2D eigenvalue weighted by atomic mass is 16.5. The molecule has 1 amide bonds. The van der Waals surface area contributed by atoms with Crippen molar-refractivity contribution in [3.63, 3.8) is 0 Å². The van der Waals surface area contributed by atoms with E-state index in [-0.39, 0.29) is 11.3 Å². The number of carbonyl (C=O) groups is 1. The van der Waals surface area contributed by atoms with Gasteiger partial charge in [-0.3, -0.25) is 9.69 Å². The molecule has 2 heterocycles. The summed E-state index contributed by atoms with van der Waals surface area (Å²) < 4.78 is 6.00. The molecule has 5 heteroatoms. The summed E-state index contributed by atoms with van der Waals surface area (Å²) in [4.78, 5) is 20.2. The van der Waals surface area contributed by atoms with Crippen molar-refractivity contribution in [2.24, 2.45) is 11.3 Å². The number of likely N-dealkylation sites (N-methyl/N-ethyl adjacent to an activating group) is 1. The van der Waals surface area contributed by atoms with E-state index < -0.39 is 0 Å². The molecule has 3 fully saturated rings. The molecule has 1 unspecified atom stereocenters. The minimum Gasteiger partial charge on any atom is -0.457 e. The Labute approximate surface area is 191 Å². The Morgan fingerprint density at radius 1 is 0.938 bits per heavy atom. The van der Waals surface area contributed by atoms with Crippen LogP contribution in [0.15, 0.2) is 54.6 Å². The number of ether oxygens (including phenoxy) is 1. The Kier molecular flexibility index (Phi) is 6.20. The van der Waals surface area contributed by atoms with Gasteiger partial charge in [-0.25, -0.2) is 0 Å². The van der Waals surface area contributed by atoms with E-state index in [0.717, 1.165) is 83.0 Å².